The monoisotopic (exact) mass is 501 g/mol. The van der Waals surface area contributed by atoms with E-state index in [0.29, 0.717) is 42.2 Å². The molecule has 1 unspecified atom stereocenters. The summed E-state index contributed by atoms with van der Waals surface area (Å²) in [7, 11) is -3.86. The number of nitrogens with one attached hydrogen (secondary N) is 2. The van der Waals surface area contributed by atoms with E-state index in [1.165, 1.54) is 6.07 Å². The predicted molar refractivity (Wildman–Crippen MR) is 131 cm³/mol. The SMILES string of the molecule is Cc1cc(-c2ccccc2)cc(C(=O)NNS(=O)(=O)C2CCN(Cc3ccccc3Cl)C2)c1F. The van der Waals surface area contributed by atoms with Gasteiger partial charge in [-0.15, -0.1) is 4.83 Å². The molecule has 1 atom stereocenters. The number of hydrogen-bond donors (Lipinski definition) is 2. The molecule has 3 aromatic rings. The summed E-state index contributed by atoms with van der Waals surface area (Å²) in [5, 5.41) is -0.0771. The summed E-state index contributed by atoms with van der Waals surface area (Å²) in [6, 6.07) is 19.8. The normalized spacial score (nSPS) is 16.5. The van der Waals surface area contributed by atoms with Crippen molar-refractivity contribution in [2.45, 2.75) is 25.1 Å². The maximum atomic E-state index is 14.7. The van der Waals surface area contributed by atoms with Crippen LogP contribution in [-0.4, -0.2) is 37.6 Å². The van der Waals surface area contributed by atoms with E-state index in [0.717, 1.165) is 11.1 Å². The van der Waals surface area contributed by atoms with Gasteiger partial charge in [-0.3, -0.25) is 15.1 Å². The van der Waals surface area contributed by atoms with E-state index in [1.54, 1.807) is 19.1 Å². The summed E-state index contributed by atoms with van der Waals surface area (Å²) in [6.45, 7) is 2.98. The minimum atomic E-state index is -3.86. The molecule has 34 heavy (non-hydrogen) atoms. The molecule has 0 aromatic heterocycles. The van der Waals surface area contributed by atoms with Crippen molar-refractivity contribution in [2.24, 2.45) is 0 Å². The number of hydrazine groups is 1. The van der Waals surface area contributed by atoms with E-state index in [2.05, 4.69) is 10.3 Å². The van der Waals surface area contributed by atoms with Crippen LogP contribution in [0.1, 0.15) is 27.9 Å². The summed E-state index contributed by atoms with van der Waals surface area (Å²) in [5.74, 6) is -1.55. The number of nitrogens with zero attached hydrogens (tertiary/aromatic N) is 1. The van der Waals surface area contributed by atoms with Gasteiger partial charge in [0, 0.05) is 18.1 Å². The van der Waals surface area contributed by atoms with Gasteiger partial charge in [-0.05, 0) is 60.3 Å². The van der Waals surface area contributed by atoms with Gasteiger partial charge in [-0.25, -0.2) is 12.8 Å². The number of aryl methyl sites for hydroxylation is 1. The van der Waals surface area contributed by atoms with Crippen molar-refractivity contribution < 1.29 is 17.6 Å². The van der Waals surface area contributed by atoms with Gasteiger partial charge < -0.3 is 0 Å². The van der Waals surface area contributed by atoms with E-state index < -0.39 is 27.0 Å². The molecule has 1 aliphatic rings. The fraction of sp³-hybridized carbons (Fsp3) is 0.240. The molecule has 1 heterocycles. The van der Waals surface area contributed by atoms with E-state index in [1.807, 2.05) is 53.4 Å². The Morgan fingerprint density at radius 1 is 1.09 bits per heavy atom. The summed E-state index contributed by atoms with van der Waals surface area (Å²) < 4.78 is 40.3. The van der Waals surface area contributed by atoms with Crippen molar-refractivity contribution in [3.8, 4) is 11.1 Å². The first-order valence-electron chi connectivity index (χ1n) is 10.9. The van der Waals surface area contributed by atoms with Crippen LogP contribution in [0.2, 0.25) is 5.02 Å². The lowest BCUT2D eigenvalue weighted by molar-refractivity contribution is 0.0940. The van der Waals surface area contributed by atoms with Gasteiger partial charge in [0.15, 0.2) is 0 Å². The highest BCUT2D eigenvalue weighted by Gasteiger charge is 2.33. The highest BCUT2D eigenvalue weighted by atomic mass is 35.5. The number of likely N-dealkylation sites (tertiary alicyclic amines) is 1. The second kappa shape index (κ2) is 10.2. The van der Waals surface area contributed by atoms with E-state index in [-0.39, 0.29) is 5.56 Å². The molecule has 3 aromatic carbocycles. The van der Waals surface area contributed by atoms with Gasteiger partial charge in [0.1, 0.15) is 5.82 Å². The largest absolute Gasteiger partial charge is 0.298 e. The number of amides is 1. The minimum absolute atomic E-state index is 0.228. The van der Waals surface area contributed by atoms with Crippen molar-refractivity contribution in [2.75, 3.05) is 13.1 Å². The molecular weight excluding hydrogens is 477 g/mol. The van der Waals surface area contributed by atoms with E-state index in [9.17, 15) is 17.6 Å². The third-order valence-electron chi connectivity index (χ3n) is 5.93. The Hall–Kier alpha value is -2.78. The molecule has 1 amide bonds. The minimum Gasteiger partial charge on any atom is -0.298 e. The highest BCUT2D eigenvalue weighted by Crippen LogP contribution is 2.25. The molecule has 0 bridgehead atoms. The van der Waals surface area contributed by atoms with Gasteiger partial charge in [-0.1, -0.05) is 60.1 Å². The Kier molecular flexibility index (Phi) is 7.33. The lowest BCUT2D eigenvalue weighted by Gasteiger charge is -2.18. The lowest BCUT2D eigenvalue weighted by atomic mass is 9.99. The molecule has 0 spiro atoms. The zero-order valence-electron chi connectivity index (χ0n) is 18.6. The van der Waals surface area contributed by atoms with Crippen molar-refractivity contribution in [1.82, 2.24) is 15.2 Å². The van der Waals surface area contributed by atoms with Crippen LogP contribution in [0.4, 0.5) is 4.39 Å². The van der Waals surface area contributed by atoms with Crippen molar-refractivity contribution >= 4 is 27.5 Å². The lowest BCUT2D eigenvalue weighted by Crippen LogP contribution is -2.46. The van der Waals surface area contributed by atoms with E-state index >= 15 is 0 Å². The Labute approximate surface area is 203 Å². The second-order valence-electron chi connectivity index (χ2n) is 8.36. The van der Waals surface area contributed by atoms with Gasteiger partial charge in [0.2, 0.25) is 10.0 Å². The van der Waals surface area contributed by atoms with Crippen molar-refractivity contribution in [3.63, 3.8) is 0 Å². The first kappa shape index (κ1) is 24.3. The Bertz CT molecular complexity index is 1300. The Morgan fingerprint density at radius 2 is 1.79 bits per heavy atom. The number of benzene rings is 3. The average molecular weight is 502 g/mol. The fourth-order valence-electron chi connectivity index (χ4n) is 4.06. The van der Waals surface area contributed by atoms with Crippen molar-refractivity contribution in [3.05, 3.63) is 94.3 Å². The fourth-order valence-corrected chi connectivity index (χ4v) is 5.48. The zero-order chi connectivity index (χ0) is 24.3. The molecule has 0 aliphatic carbocycles. The molecule has 0 radical (unpaired) electrons. The molecular formula is C25H25ClFN3O3S. The number of halogens is 2. The molecule has 1 saturated heterocycles. The molecule has 2 N–H and O–H groups in total. The summed E-state index contributed by atoms with van der Waals surface area (Å²) in [5.41, 5.74) is 4.66. The molecule has 4 rings (SSSR count). The van der Waals surface area contributed by atoms with Gasteiger partial charge >= 0.3 is 0 Å². The van der Waals surface area contributed by atoms with Gasteiger partial charge in [0.25, 0.3) is 5.91 Å². The average Bonchev–Trinajstić information content (AvgIpc) is 3.31. The van der Waals surface area contributed by atoms with Crippen LogP contribution >= 0.6 is 11.6 Å². The van der Waals surface area contributed by atoms with Crippen molar-refractivity contribution in [1.29, 1.82) is 0 Å². The molecule has 1 fully saturated rings. The standard InChI is InChI=1S/C25H25ClFN3O3S/c1-17-13-20(18-7-3-2-4-8-18)14-22(24(17)27)25(31)28-29-34(32,33)21-11-12-30(16-21)15-19-9-5-6-10-23(19)26/h2-10,13-14,21,29H,11-12,15-16H2,1H3,(H,28,31). The number of carbonyl (C=O) groups excluding carboxylic acids is 1. The number of rotatable bonds is 7. The number of carbonyl (C=O) groups is 1. The Morgan fingerprint density at radius 3 is 2.53 bits per heavy atom. The smallest absolute Gasteiger partial charge is 0.269 e. The van der Waals surface area contributed by atoms with Gasteiger partial charge in [0.05, 0.1) is 10.8 Å². The molecule has 6 nitrogen and oxygen atoms in total. The van der Waals surface area contributed by atoms with E-state index in [4.69, 9.17) is 11.6 Å². The van der Waals surface area contributed by atoms with Crippen LogP contribution in [0.3, 0.4) is 0 Å². The third-order valence-corrected chi connectivity index (χ3v) is 7.95. The first-order chi connectivity index (χ1) is 16.2. The molecule has 1 aliphatic heterocycles. The maximum Gasteiger partial charge on any atom is 0.269 e. The zero-order valence-corrected chi connectivity index (χ0v) is 20.2. The van der Waals surface area contributed by atoms with Gasteiger partial charge in [-0.2, -0.15) is 0 Å². The Balaban J connectivity index is 1.42. The van der Waals surface area contributed by atoms with Crippen LogP contribution in [0, 0.1) is 12.7 Å². The predicted octanol–water partition coefficient (Wildman–Crippen LogP) is 4.29. The van der Waals surface area contributed by atoms with Crippen LogP contribution in [-0.2, 0) is 16.6 Å². The molecule has 178 valence electrons. The highest BCUT2D eigenvalue weighted by molar-refractivity contribution is 7.90. The topological polar surface area (TPSA) is 78.5 Å². The summed E-state index contributed by atoms with van der Waals surface area (Å²) in [4.78, 5) is 16.9. The number of sulfonamides is 1. The second-order valence-corrected chi connectivity index (χ2v) is 10.7. The summed E-state index contributed by atoms with van der Waals surface area (Å²) in [6.07, 6.45) is 0.409. The molecule has 9 heteroatoms. The maximum absolute atomic E-state index is 14.7. The first-order valence-corrected chi connectivity index (χ1v) is 12.8. The number of hydrogen-bond acceptors (Lipinski definition) is 4. The summed E-state index contributed by atoms with van der Waals surface area (Å²) >= 11 is 6.21. The van der Waals surface area contributed by atoms with Crippen LogP contribution in [0.5, 0.6) is 0 Å². The van der Waals surface area contributed by atoms with Crippen LogP contribution < -0.4 is 10.3 Å². The van der Waals surface area contributed by atoms with Crippen LogP contribution in [0.15, 0.2) is 66.7 Å². The molecule has 0 saturated carbocycles. The van der Waals surface area contributed by atoms with Crippen LogP contribution in [0.25, 0.3) is 11.1 Å². The third kappa shape index (κ3) is 5.47. The quantitative estimate of drug-likeness (QED) is 0.473.